The minimum absolute atomic E-state index is 0.394. The molecule has 0 aromatic heterocycles. The van der Waals surface area contributed by atoms with Gasteiger partial charge in [0, 0.05) is 6.42 Å². The fourth-order valence-corrected chi connectivity index (χ4v) is 2.09. The first kappa shape index (κ1) is 15.1. The average Bonchev–Trinajstić information content (AvgIpc) is 2.46. The van der Waals surface area contributed by atoms with Gasteiger partial charge in [0.25, 0.3) is 0 Å². The zero-order valence-electron chi connectivity index (χ0n) is 12.2. The van der Waals surface area contributed by atoms with Gasteiger partial charge in [-0.05, 0) is 37.9 Å². The van der Waals surface area contributed by atoms with Gasteiger partial charge in [-0.2, -0.15) is 0 Å². The fraction of sp³-hybridized carbons (Fsp3) is 0.235. The Bertz CT molecular complexity index is 596. The Morgan fingerprint density at radius 2 is 1.71 bits per heavy atom. The van der Waals surface area contributed by atoms with Crippen molar-refractivity contribution in [3.05, 3.63) is 60.2 Å². The van der Waals surface area contributed by atoms with Gasteiger partial charge in [0.05, 0.1) is 0 Å². The molecule has 1 N–H and O–H groups in total. The van der Waals surface area contributed by atoms with E-state index in [4.69, 9.17) is 4.74 Å². The topological polar surface area (TPSA) is 49.8 Å². The average molecular weight is 285 g/mol. The van der Waals surface area contributed by atoms with Gasteiger partial charge < -0.3 is 9.84 Å². The van der Waals surface area contributed by atoms with Crippen molar-refractivity contribution in [2.45, 2.75) is 12.5 Å². The standard InChI is InChI=1S/C17H19NO3/c1-18(2)15(17(19)20)12-13-8-6-7-11-16(13)21-14-9-4-3-5-10-14/h3-11,15H,12H2,1-2H3,(H,19,20)/t15-/m1/s1. The Morgan fingerprint density at radius 1 is 1.10 bits per heavy atom. The zero-order valence-corrected chi connectivity index (χ0v) is 12.2. The summed E-state index contributed by atoms with van der Waals surface area (Å²) in [6.07, 6.45) is 0.394. The number of carbonyl (C=O) groups is 1. The third-order valence-corrected chi connectivity index (χ3v) is 3.27. The smallest absolute Gasteiger partial charge is 0.321 e. The SMILES string of the molecule is CN(C)[C@H](Cc1ccccc1Oc1ccccc1)C(=O)O. The van der Waals surface area contributed by atoms with Gasteiger partial charge in [0.15, 0.2) is 0 Å². The van der Waals surface area contributed by atoms with Crippen LogP contribution >= 0.6 is 0 Å². The van der Waals surface area contributed by atoms with Crippen molar-refractivity contribution < 1.29 is 14.6 Å². The van der Waals surface area contributed by atoms with Gasteiger partial charge in [-0.3, -0.25) is 9.69 Å². The third-order valence-electron chi connectivity index (χ3n) is 3.27. The molecule has 0 fully saturated rings. The second-order valence-electron chi connectivity index (χ2n) is 5.04. The van der Waals surface area contributed by atoms with Crippen molar-refractivity contribution in [2.75, 3.05) is 14.1 Å². The monoisotopic (exact) mass is 285 g/mol. The number of ether oxygens (including phenoxy) is 1. The molecule has 0 aliphatic heterocycles. The summed E-state index contributed by atoms with van der Waals surface area (Å²) >= 11 is 0. The lowest BCUT2D eigenvalue weighted by Crippen LogP contribution is -2.37. The van der Waals surface area contributed by atoms with Crippen LogP contribution in [0, 0.1) is 0 Å². The maximum atomic E-state index is 11.3. The molecule has 2 aromatic rings. The Labute approximate surface area is 124 Å². The summed E-state index contributed by atoms with van der Waals surface area (Å²) in [6.45, 7) is 0. The molecule has 0 aliphatic rings. The predicted molar refractivity (Wildman–Crippen MR) is 81.8 cm³/mol. The minimum Gasteiger partial charge on any atom is -0.480 e. The quantitative estimate of drug-likeness (QED) is 0.886. The van der Waals surface area contributed by atoms with Crippen LogP contribution in [-0.2, 0) is 11.2 Å². The molecular weight excluding hydrogens is 266 g/mol. The molecule has 0 amide bonds. The van der Waals surface area contributed by atoms with Crippen LogP contribution in [0.2, 0.25) is 0 Å². The summed E-state index contributed by atoms with van der Waals surface area (Å²) in [6, 6.07) is 16.4. The number of carboxylic acids is 1. The van der Waals surface area contributed by atoms with Crippen LogP contribution in [0.15, 0.2) is 54.6 Å². The summed E-state index contributed by atoms with van der Waals surface area (Å²) in [5, 5.41) is 9.30. The minimum atomic E-state index is -0.838. The number of nitrogens with zero attached hydrogens (tertiary/aromatic N) is 1. The molecule has 4 heteroatoms. The summed E-state index contributed by atoms with van der Waals surface area (Å²) in [4.78, 5) is 13.0. The molecule has 0 bridgehead atoms. The molecule has 2 aromatic carbocycles. The third kappa shape index (κ3) is 4.07. The number of likely N-dealkylation sites (N-methyl/N-ethyl adjacent to an activating group) is 1. The number of para-hydroxylation sites is 2. The first-order valence-corrected chi connectivity index (χ1v) is 6.78. The van der Waals surface area contributed by atoms with Crippen LogP contribution in [0.1, 0.15) is 5.56 Å². The first-order valence-electron chi connectivity index (χ1n) is 6.78. The lowest BCUT2D eigenvalue weighted by atomic mass is 10.0. The molecule has 0 radical (unpaired) electrons. The molecule has 0 saturated heterocycles. The van der Waals surface area contributed by atoms with Crippen LogP contribution in [0.4, 0.5) is 0 Å². The highest BCUT2D eigenvalue weighted by Gasteiger charge is 2.21. The van der Waals surface area contributed by atoms with E-state index < -0.39 is 12.0 Å². The van der Waals surface area contributed by atoms with E-state index in [9.17, 15) is 9.90 Å². The Kier molecular flexibility index (Phi) is 4.95. The summed E-state index contributed by atoms with van der Waals surface area (Å²) in [5.74, 6) is 0.591. The normalized spacial score (nSPS) is 12.1. The van der Waals surface area contributed by atoms with Crippen LogP contribution < -0.4 is 4.74 Å². The van der Waals surface area contributed by atoms with Crippen molar-refractivity contribution in [1.82, 2.24) is 4.90 Å². The summed E-state index contributed by atoms with van der Waals surface area (Å²) < 4.78 is 5.86. The maximum Gasteiger partial charge on any atom is 0.321 e. The van der Waals surface area contributed by atoms with E-state index in [-0.39, 0.29) is 0 Å². The molecule has 110 valence electrons. The Balaban J connectivity index is 2.22. The Morgan fingerprint density at radius 3 is 2.33 bits per heavy atom. The van der Waals surface area contributed by atoms with Crippen molar-refractivity contribution in [3.63, 3.8) is 0 Å². The van der Waals surface area contributed by atoms with Crippen molar-refractivity contribution in [1.29, 1.82) is 0 Å². The van der Waals surface area contributed by atoms with E-state index in [1.54, 1.807) is 19.0 Å². The molecule has 0 saturated carbocycles. The number of hydrogen-bond donors (Lipinski definition) is 1. The van der Waals surface area contributed by atoms with Crippen LogP contribution in [-0.4, -0.2) is 36.1 Å². The van der Waals surface area contributed by atoms with Gasteiger partial charge in [-0.15, -0.1) is 0 Å². The van der Waals surface area contributed by atoms with Gasteiger partial charge in [-0.25, -0.2) is 0 Å². The van der Waals surface area contributed by atoms with E-state index in [0.29, 0.717) is 12.2 Å². The van der Waals surface area contributed by atoms with Crippen LogP contribution in [0.3, 0.4) is 0 Å². The zero-order chi connectivity index (χ0) is 15.2. The highest BCUT2D eigenvalue weighted by atomic mass is 16.5. The molecule has 2 rings (SSSR count). The van der Waals surface area contributed by atoms with Crippen molar-refractivity contribution in [2.24, 2.45) is 0 Å². The van der Waals surface area contributed by atoms with Crippen LogP contribution in [0.25, 0.3) is 0 Å². The van der Waals surface area contributed by atoms with Crippen molar-refractivity contribution in [3.8, 4) is 11.5 Å². The molecule has 0 unspecified atom stereocenters. The number of hydrogen-bond acceptors (Lipinski definition) is 3. The Hall–Kier alpha value is -2.33. The highest BCUT2D eigenvalue weighted by molar-refractivity contribution is 5.74. The van der Waals surface area contributed by atoms with E-state index >= 15 is 0 Å². The highest BCUT2D eigenvalue weighted by Crippen LogP contribution is 2.26. The lowest BCUT2D eigenvalue weighted by Gasteiger charge is -2.21. The van der Waals surface area contributed by atoms with E-state index in [2.05, 4.69) is 0 Å². The number of carboxylic acid groups (broad SMARTS) is 1. The molecule has 0 spiro atoms. The van der Waals surface area contributed by atoms with E-state index in [1.165, 1.54) is 0 Å². The van der Waals surface area contributed by atoms with Gasteiger partial charge in [-0.1, -0.05) is 36.4 Å². The molecule has 1 atom stereocenters. The first-order chi connectivity index (χ1) is 10.1. The van der Waals surface area contributed by atoms with E-state index in [1.807, 2.05) is 54.6 Å². The summed E-state index contributed by atoms with van der Waals surface area (Å²) in [5.41, 5.74) is 0.877. The predicted octanol–water partition coefficient (Wildman–Crippen LogP) is 3.04. The second-order valence-corrected chi connectivity index (χ2v) is 5.04. The van der Waals surface area contributed by atoms with Gasteiger partial charge in [0.2, 0.25) is 0 Å². The molecule has 21 heavy (non-hydrogen) atoms. The largest absolute Gasteiger partial charge is 0.480 e. The molecule has 0 aliphatic carbocycles. The second kappa shape index (κ2) is 6.90. The number of benzene rings is 2. The molecule has 0 heterocycles. The van der Waals surface area contributed by atoms with Crippen LogP contribution in [0.5, 0.6) is 11.5 Å². The fourth-order valence-electron chi connectivity index (χ4n) is 2.09. The molecule has 4 nitrogen and oxygen atoms in total. The molecular formula is C17H19NO3. The number of rotatable bonds is 6. The summed E-state index contributed by atoms with van der Waals surface area (Å²) in [7, 11) is 3.53. The van der Waals surface area contributed by atoms with Gasteiger partial charge >= 0.3 is 5.97 Å². The van der Waals surface area contributed by atoms with E-state index in [0.717, 1.165) is 11.3 Å². The van der Waals surface area contributed by atoms with Crippen molar-refractivity contribution >= 4 is 5.97 Å². The maximum absolute atomic E-state index is 11.3. The number of aliphatic carboxylic acids is 1. The van der Waals surface area contributed by atoms with Gasteiger partial charge in [0.1, 0.15) is 17.5 Å². The lowest BCUT2D eigenvalue weighted by molar-refractivity contribution is -0.142.